The zero-order valence-corrected chi connectivity index (χ0v) is 23.2. The van der Waals surface area contributed by atoms with Crippen molar-refractivity contribution >= 4 is 43.1 Å². The molecule has 192 valence electrons. The Balaban J connectivity index is 1.33. The maximum absolute atomic E-state index is 2.45. The Labute approximate surface area is 239 Å². The first-order valence-corrected chi connectivity index (χ1v) is 14.5. The summed E-state index contributed by atoms with van der Waals surface area (Å²) in [5.41, 5.74) is 10.6. The van der Waals surface area contributed by atoms with Crippen molar-refractivity contribution in [1.29, 1.82) is 0 Å². The van der Waals surface area contributed by atoms with Gasteiger partial charge >= 0.3 is 0 Å². The van der Waals surface area contributed by atoms with Gasteiger partial charge in [-0.25, -0.2) is 0 Å². The van der Waals surface area contributed by atoms with Gasteiger partial charge in [0.25, 0.3) is 0 Å². The van der Waals surface area contributed by atoms with E-state index >= 15 is 0 Å². The predicted molar refractivity (Wildman–Crippen MR) is 176 cm³/mol. The van der Waals surface area contributed by atoms with Crippen molar-refractivity contribution < 1.29 is 0 Å². The maximum atomic E-state index is 2.45. The van der Waals surface area contributed by atoms with Crippen molar-refractivity contribution in [1.82, 2.24) is 0 Å². The fourth-order valence-corrected chi connectivity index (χ4v) is 7.65. The van der Waals surface area contributed by atoms with E-state index in [1.165, 1.54) is 87.6 Å². The third kappa shape index (κ3) is 3.11. The van der Waals surface area contributed by atoms with Crippen molar-refractivity contribution in [2.45, 2.75) is 19.3 Å². The van der Waals surface area contributed by atoms with Gasteiger partial charge in [-0.2, -0.15) is 0 Å². The first-order valence-electron chi connectivity index (χ1n) is 14.5. The molecule has 0 unspecified atom stereocenters. The van der Waals surface area contributed by atoms with Crippen LogP contribution >= 0.6 is 0 Å². The first kappa shape index (κ1) is 22.8. The van der Waals surface area contributed by atoms with Crippen LogP contribution in [0.1, 0.15) is 25.0 Å². The zero-order chi connectivity index (χ0) is 27.3. The summed E-state index contributed by atoms with van der Waals surface area (Å²) in [6, 6.07) is 49.9. The lowest BCUT2D eigenvalue weighted by atomic mass is 9.78. The van der Waals surface area contributed by atoms with E-state index in [0.717, 1.165) is 0 Å². The fraction of sp³-hybridized carbons (Fsp3) is 0.0732. The highest BCUT2D eigenvalue weighted by atomic mass is 14.4. The Kier molecular flexibility index (Phi) is 4.49. The highest BCUT2D eigenvalue weighted by Crippen LogP contribution is 2.55. The maximum Gasteiger partial charge on any atom is 0.0165 e. The summed E-state index contributed by atoms with van der Waals surface area (Å²) in [5, 5.41) is 10.6. The van der Waals surface area contributed by atoms with Gasteiger partial charge in [0, 0.05) is 5.41 Å². The van der Waals surface area contributed by atoms with Crippen LogP contribution in [0.2, 0.25) is 0 Å². The molecule has 41 heavy (non-hydrogen) atoms. The lowest BCUT2D eigenvalue weighted by molar-refractivity contribution is 0.666. The van der Waals surface area contributed by atoms with Gasteiger partial charge in [-0.05, 0) is 112 Å². The van der Waals surface area contributed by atoms with Gasteiger partial charge in [0.1, 0.15) is 0 Å². The molecule has 0 radical (unpaired) electrons. The highest BCUT2D eigenvalue weighted by Gasteiger charge is 2.38. The van der Waals surface area contributed by atoms with Gasteiger partial charge in [0.2, 0.25) is 0 Å². The number of hydrogen-bond donors (Lipinski definition) is 0. The molecule has 0 fully saturated rings. The molecule has 0 bridgehead atoms. The molecule has 0 aromatic heterocycles. The van der Waals surface area contributed by atoms with Crippen molar-refractivity contribution in [3.05, 3.63) is 145 Å². The largest absolute Gasteiger partial charge is 0.0622 e. The fourth-order valence-electron chi connectivity index (χ4n) is 7.65. The third-order valence-electron chi connectivity index (χ3n) is 9.52. The SMILES string of the molecule is CC1(C)c2ccccc2-c2c(-c3ccccc3)cc3ccc(-c4cc5ccc6cccc7ccc(c4)c5c67)cc3c21. The topological polar surface area (TPSA) is 0 Å². The molecule has 1 aliphatic carbocycles. The number of benzene rings is 8. The second-order valence-electron chi connectivity index (χ2n) is 12.2. The lowest BCUT2D eigenvalue weighted by Gasteiger charge is -2.24. The van der Waals surface area contributed by atoms with Crippen molar-refractivity contribution in [3.8, 4) is 33.4 Å². The normalized spacial score (nSPS) is 13.8. The van der Waals surface area contributed by atoms with Crippen LogP contribution in [0, 0.1) is 0 Å². The summed E-state index contributed by atoms with van der Waals surface area (Å²) in [7, 11) is 0. The Morgan fingerprint density at radius 1 is 0.415 bits per heavy atom. The second-order valence-corrected chi connectivity index (χ2v) is 12.2. The monoisotopic (exact) mass is 520 g/mol. The summed E-state index contributed by atoms with van der Waals surface area (Å²) in [6.07, 6.45) is 0. The minimum absolute atomic E-state index is 0.0962. The molecule has 8 aromatic carbocycles. The molecule has 0 spiro atoms. The van der Waals surface area contributed by atoms with E-state index < -0.39 is 0 Å². The van der Waals surface area contributed by atoms with Crippen molar-refractivity contribution in [2.24, 2.45) is 0 Å². The molecule has 8 aromatic rings. The lowest BCUT2D eigenvalue weighted by Crippen LogP contribution is -2.15. The summed E-state index contributed by atoms with van der Waals surface area (Å²) >= 11 is 0. The van der Waals surface area contributed by atoms with E-state index in [4.69, 9.17) is 0 Å². The van der Waals surface area contributed by atoms with Crippen molar-refractivity contribution in [3.63, 3.8) is 0 Å². The van der Waals surface area contributed by atoms with Gasteiger partial charge < -0.3 is 0 Å². The van der Waals surface area contributed by atoms with Gasteiger partial charge in [-0.1, -0.05) is 123 Å². The summed E-state index contributed by atoms with van der Waals surface area (Å²) < 4.78 is 0. The Hall–Kier alpha value is -4.94. The van der Waals surface area contributed by atoms with Crippen LogP contribution in [0.15, 0.2) is 133 Å². The van der Waals surface area contributed by atoms with Crippen LogP contribution < -0.4 is 0 Å². The molecule has 0 heterocycles. The Morgan fingerprint density at radius 3 is 1.80 bits per heavy atom. The minimum Gasteiger partial charge on any atom is -0.0622 e. The van der Waals surface area contributed by atoms with Crippen LogP contribution in [0.3, 0.4) is 0 Å². The Morgan fingerprint density at radius 2 is 1.05 bits per heavy atom. The summed E-state index contributed by atoms with van der Waals surface area (Å²) in [6.45, 7) is 4.79. The molecule has 1 aliphatic rings. The first-order chi connectivity index (χ1) is 20.1. The van der Waals surface area contributed by atoms with Crippen molar-refractivity contribution in [2.75, 3.05) is 0 Å². The molecule has 0 nitrogen and oxygen atoms in total. The third-order valence-corrected chi connectivity index (χ3v) is 9.52. The number of fused-ring (bicyclic) bond motifs is 5. The minimum atomic E-state index is -0.0962. The van der Waals surface area contributed by atoms with Crippen LogP contribution in [-0.2, 0) is 5.41 Å². The van der Waals surface area contributed by atoms with E-state index in [1.807, 2.05) is 0 Å². The molecule has 0 saturated carbocycles. The van der Waals surface area contributed by atoms with E-state index in [-0.39, 0.29) is 5.41 Å². The Bertz CT molecular complexity index is 2250. The molecular formula is C41H28. The van der Waals surface area contributed by atoms with E-state index in [2.05, 4.69) is 147 Å². The quantitative estimate of drug-likeness (QED) is 0.199. The molecule has 0 N–H and O–H groups in total. The van der Waals surface area contributed by atoms with Crippen LogP contribution in [0.25, 0.3) is 76.5 Å². The summed E-state index contributed by atoms with van der Waals surface area (Å²) in [5.74, 6) is 0. The van der Waals surface area contributed by atoms with E-state index in [0.29, 0.717) is 0 Å². The zero-order valence-electron chi connectivity index (χ0n) is 23.2. The molecular weight excluding hydrogens is 492 g/mol. The van der Waals surface area contributed by atoms with Crippen LogP contribution in [-0.4, -0.2) is 0 Å². The molecule has 0 atom stereocenters. The van der Waals surface area contributed by atoms with Gasteiger partial charge in [-0.3, -0.25) is 0 Å². The molecule has 9 rings (SSSR count). The second kappa shape index (κ2) is 8.05. The predicted octanol–water partition coefficient (Wildman–Crippen LogP) is 11.4. The molecule has 0 saturated heterocycles. The van der Waals surface area contributed by atoms with Gasteiger partial charge in [0.05, 0.1) is 0 Å². The number of rotatable bonds is 2. The van der Waals surface area contributed by atoms with Gasteiger partial charge in [0.15, 0.2) is 0 Å². The average Bonchev–Trinajstić information content (AvgIpc) is 3.26. The molecule has 0 amide bonds. The smallest absolute Gasteiger partial charge is 0.0165 e. The van der Waals surface area contributed by atoms with Crippen LogP contribution in [0.4, 0.5) is 0 Å². The standard InChI is InChI=1S/C41H28/c1-41(2)36-14-7-6-13-33(36)39-34(25-9-4-3-5-10-25)24-29-18-17-28(23-35(29)40(39)41)32-21-30-19-15-26-11-8-12-27-16-20-31(22-32)38(30)37(26)27/h3-24H,1-2H3. The number of hydrogen-bond acceptors (Lipinski definition) is 0. The van der Waals surface area contributed by atoms with Crippen LogP contribution in [0.5, 0.6) is 0 Å². The van der Waals surface area contributed by atoms with E-state index in [9.17, 15) is 0 Å². The molecule has 0 aliphatic heterocycles. The molecule has 0 heteroatoms. The highest BCUT2D eigenvalue weighted by molar-refractivity contribution is 6.23. The average molecular weight is 521 g/mol. The summed E-state index contributed by atoms with van der Waals surface area (Å²) in [4.78, 5) is 0. The van der Waals surface area contributed by atoms with Gasteiger partial charge in [-0.15, -0.1) is 0 Å². The van der Waals surface area contributed by atoms with E-state index in [1.54, 1.807) is 0 Å².